The Labute approximate surface area is 317 Å². The molecule has 5 N–H and O–H groups in total. The first-order valence-electron chi connectivity index (χ1n) is 16.7. The minimum absolute atomic E-state index is 0.0369. The molecule has 1 atom stereocenters. The number of rotatable bonds is 16. The van der Waals surface area contributed by atoms with Crippen LogP contribution in [-0.2, 0) is 31.1 Å². The Hall–Kier alpha value is -6.17. The fraction of sp³-hybridized carbons (Fsp3) is 0.306. The highest BCUT2D eigenvalue weighted by Crippen LogP contribution is 2.48. The van der Waals surface area contributed by atoms with Gasteiger partial charge >= 0.3 is 30.0 Å². The van der Waals surface area contributed by atoms with Crippen molar-refractivity contribution in [1.82, 2.24) is 30.9 Å². The Morgan fingerprint density at radius 1 is 0.855 bits per heavy atom. The van der Waals surface area contributed by atoms with Crippen LogP contribution in [-0.4, -0.2) is 84.8 Å². The molecule has 5 rings (SSSR count). The van der Waals surface area contributed by atoms with Gasteiger partial charge in [-0.05, 0) is 78.9 Å². The summed E-state index contributed by atoms with van der Waals surface area (Å²) in [7, 11) is 2.64. The molecule has 0 bridgehead atoms. The van der Waals surface area contributed by atoms with Crippen LogP contribution < -0.4 is 36.1 Å². The molecule has 55 heavy (non-hydrogen) atoms. The predicted octanol–water partition coefficient (Wildman–Crippen LogP) is 4.07. The van der Waals surface area contributed by atoms with Crippen LogP contribution in [0, 0.1) is 0 Å². The maximum absolute atomic E-state index is 13.1. The molecule has 0 aliphatic heterocycles. The maximum Gasteiger partial charge on any atom is 0.422 e. The zero-order valence-corrected chi connectivity index (χ0v) is 30.2. The molecule has 1 aromatic heterocycles. The molecule has 0 saturated heterocycles. The molecular weight excluding hydrogens is 749 g/mol. The van der Waals surface area contributed by atoms with E-state index in [-0.39, 0.29) is 24.0 Å². The third kappa shape index (κ3) is 11.7. The van der Waals surface area contributed by atoms with E-state index in [0.29, 0.717) is 35.7 Å². The quantitative estimate of drug-likeness (QED) is 0.0809. The molecule has 290 valence electrons. The fourth-order valence-corrected chi connectivity index (χ4v) is 5.28. The molecule has 1 fully saturated rings. The highest BCUT2D eigenvalue weighted by Gasteiger charge is 2.45. The monoisotopic (exact) mass is 784 g/mol. The first kappa shape index (κ1) is 40.0. The van der Waals surface area contributed by atoms with Crippen molar-refractivity contribution in [3.63, 3.8) is 0 Å². The van der Waals surface area contributed by atoms with Crippen molar-refractivity contribution >= 4 is 52.9 Å². The summed E-state index contributed by atoms with van der Waals surface area (Å²) in [5, 5.41) is 13.9. The number of aromatic nitrogens is 3. The highest BCUT2D eigenvalue weighted by molar-refractivity contribution is 6.35. The van der Waals surface area contributed by atoms with Gasteiger partial charge < -0.3 is 40.8 Å². The number of hydrogen-bond acceptors (Lipinski definition) is 12. The summed E-state index contributed by atoms with van der Waals surface area (Å²) >= 11 is 6.03. The zero-order valence-electron chi connectivity index (χ0n) is 29.5. The Morgan fingerprint density at radius 3 is 2.13 bits per heavy atom. The number of hydrogen-bond donors (Lipinski definition) is 5. The topological polar surface area (TPSA) is 195 Å². The number of carbonyl (C=O) groups is 4. The number of anilines is 3. The second-order valence-corrected chi connectivity index (χ2v) is 12.6. The van der Waals surface area contributed by atoms with Gasteiger partial charge in [-0.3, -0.25) is 14.4 Å². The van der Waals surface area contributed by atoms with Gasteiger partial charge in [-0.2, -0.15) is 28.1 Å². The zero-order chi connectivity index (χ0) is 39.6. The van der Waals surface area contributed by atoms with Gasteiger partial charge in [0.25, 0.3) is 5.91 Å². The minimum Gasteiger partial charge on any atom is -0.497 e. The van der Waals surface area contributed by atoms with Gasteiger partial charge in [-0.1, -0.05) is 35.9 Å². The molecule has 1 aliphatic carbocycles. The van der Waals surface area contributed by atoms with Gasteiger partial charge in [0.2, 0.25) is 11.9 Å². The third-order valence-corrected chi connectivity index (χ3v) is 8.46. The lowest BCUT2D eigenvalue weighted by Crippen LogP contribution is -2.51. The molecule has 1 saturated carbocycles. The predicted molar refractivity (Wildman–Crippen MR) is 193 cm³/mol. The lowest BCUT2D eigenvalue weighted by atomic mass is 10.1. The number of amides is 3. The average molecular weight is 785 g/mol. The lowest BCUT2D eigenvalue weighted by Gasteiger charge is -2.19. The second-order valence-electron chi connectivity index (χ2n) is 12.2. The van der Waals surface area contributed by atoms with E-state index < -0.39 is 60.6 Å². The first-order valence-corrected chi connectivity index (χ1v) is 17.1. The summed E-state index contributed by atoms with van der Waals surface area (Å²) in [6.07, 6.45) is -2.78. The SMILES string of the molecule is COC(=O)[C@H](CNC(=O)C(=O)NCCc1ccc(OC)cc1)NC(=O)c1ccc(Nc2nc(NC3(c4ccc(Cl)cc4)CC3)nc(OCC(F)(F)F)n2)cc1. The largest absolute Gasteiger partial charge is 0.497 e. The molecule has 0 spiro atoms. The molecule has 1 heterocycles. The second kappa shape index (κ2) is 17.8. The number of nitrogens with one attached hydrogen (secondary N) is 5. The Kier molecular flexibility index (Phi) is 12.9. The Balaban J connectivity index is 1.18. The highest BCUT2D eigenvalue weighted by atomic mass is 35.5. The van der Waals surface area contributed by atoms with Gasteiger partial charge in [-0.25, -0.2) is 4.79 Å². The number of benzene rings is 3. The summed E-state index contributed by atoms with van der Waals surface area (Å²) in [6, 6.07) is 18.1. The Morgan fingerprint density at radius 2 is 1.51 bits per heavy atom. The van der Waals surface area contributed by atoms with Crippen molar-refractivity contribution in [1.29, 1.82) is 0 Å². The van der Waals surface area contributed by atoms with Crippen molar-refractivity contribution in [3.05, 3.63) is 94.5 Å². The molecule has 1 aliphatic rings. The standard InChI is InChI=1S/C36H36ClF3N8O7/c1-53-26-13-3-21(4-14-26)15-18-41-29(50)30(51)42-19-27(31(52)54-2)44-28(49)22-5-11-25(12-6-22)43-32-45-33(47-34(46-32)55-20-36(38,39)40)48-35(16-17-35)23-7-9-24(37)10-8-23/h3-14,27H,15-20H2,1-2H3,(H,41,50)(H,42,51)(H,44,49)(H2,43,45,46,47,48)/t27-/m0/s1. The van der Waals surface area contributed by atoms with Crippen molar-refractivity contribution in [2.75, 3.05) is 44.5 Å². The van der Waals surface area contributed by atoms with Crippen LogP contribution in [0.25, 0.3) is 0 Å². The number of ether oxygens (including phenoxy) is 3. The van der Waals surface area contributed by atoms with E-state index in [0.717, 1.165) is 18.2 Å². The minimum atomic E-state index is -4.64. The van der Waals surface area contributed by atoms with E-state index in [1.54, 1.807) is 31.4 Å². The van der Waals surface area contributed by atoms with Crippen LogP contribution in [0.4, 0.5) is 30.8 Å². The smallest absolute Gasteiger partial charge is 0.422 e. The van der Waals surface area contributed by atoms with Crippen molar-refractivity contribution < 1.29 is 46.6 Å². The van der Waals surface area contributed by atoms with Crippen LogP contribution in [0.2, 0.25) is 5.02 Å². The maximum atomic E-state index is 13.1. The fourth-order valence-electron chi connectivity index (χ4n) is 5.15. The summed E-state index contributed by atoms with van der Waals surface area (Å²) in [6.45, 7) is -1.91. The number of halogens is 4. The van der Waals surface area contributed by atoms with E-state index in [9.17, 15) is 32.3 Å². The third-order valence-electron chi connectivity index (χ3n) is 8.20. The number of nitrogens with zero attached hydrogens (tertiary/aromatic N) is 3. The van der Waals surface area contributed by atoms with Crippen LogP contribution in [0.15, 0.2) is 72.8 Å². The molecule has 0 radical (unpaired) electrons. The summed E-state index contributed by atoms with van der Waals surface area (Å²) in [4.78, 5) is 62.5. The van der Waals surface area contributed by atoms with Crippen molar-refractivity contribution in [2.24, 2.45) is 0 Å². The number of methoxy groups -OCH3 is 2. The van der Waals surface area contributed by atoms with Crippen LogP contribution in [0.5, 0.6) is 11.8 Å². The summed E-state index contributed by atoms with van der Waals surface area (Å²) in [5.41, 5.74) is 1.66. The first-order chi connectivity index (χ1) is 26.3. The number of alkyl halides is 3. The van der Waals surface area contributed by atoms with Gasteiger partial charge in [0.1, 0.15) is 11.8 Å². The number of carbonyl (C=O) groups excluding carboxylic acids is 4. The average Bonchev–Trinajstić information content (AvgIpc) is 3.95. The summed E-state index contributed by atoms with van der Waals surface area (Å²) in [5.74, 6) is -3.04. The normalized spacial score (nSPS) is 13.4. The van der Waals surface area contributed by atoms with Gasteiger partial charge in [0.05, 0.1) is 19.8 Å². The Bertz CT molecular complexity index is 1980. The number of esters is 1. The van der Waals surface area contributed by atoms with Crippen LogP contribution in [0.1, 0.15) is 34.3 Å². The van der Waals surface area contributed by atoms with E-state index >= 15 is 0 Å². The molecule has 19 heteroatoms. The molecule has 15 nitrogen and oxygen atoms in total. The van der Waals surface area contributed by atoms with E-state index in [4.69, 9.17) is 25.8 Å². The molecule has 3 aromatic carbocycles. The van der Waals surface area contributed by atoms with Crippen LogP contribution in [0.3, 0.4) is 0 Å². The van der Waals surface area contributed by atoms with E-state index in [1.165, 1.54) is 24.3 Å². The summed E-state index contributed by atoms with van der Waals surface area (Å²) < 4.78 is 53.5. The van der Waals surface area contributed by atoms with Gasteiger partial charge in [0, 0.05) is 29.4 Å². The van der Waals surface area contributed by atoms with Gasteiger partial charge in [0.15, 0.2) is 6.61 Å². The van der Waals surface area contributed by atoms with E-state index in [2.05, 4.69) is 41.5 Å². The van der Waals surface area contributed by atoms with Crippen molar-refractivity contribution in [3.8, 4) is 11.8 Å². The van der Waals surface area contributed by atoms with Crippen molar-refractivity contribution in [2.45, 2.75) is 37.0 Å². The lowest BCUT2D eigenvalue weighted by molar-refractivity contribution is -0.154. The van der Waals surface area contributed by atoms with Gasteiger partial charge in [-0.15, -0.1) is 0 Å². The molecular formula is C36H36ClF3N8O7. The molecule has 3 amide bonds. The molecule has 4 aromatic rings. The van der Waals surface area contributed by atoms with E-state index in [1.807, 2.05) is 24.3 Å². The molecule has 0 unspecified atom stereocenters. The van der Waals surface area contributed by atoms with Crippen LogP contribution >= 0.6 is 11.6 Å².